The first-order chi connectivity index (χ1) is 16.2. The van der Waals surface area contributed by atoms with Gasteiger partial charge in [0.25, 0.3) is 5.69 Å². The van der Waals surface area contributed by atoms with E-state index in [1.165, 1.54) is 4.90 Å². The van der Waals surface area contributed by atoms with Crippen LogP contribution in [0.3, 0.4) is 0 Å². The predicted molar refractivity (Wildman–Crippen MR) is 138 cm³/mol. The average molecular weight is 531 g/mol. The molecule has 196 valence electrons. The van der Waals surface area contributed by atoms with Gasteiger partial charge in [-0.2, -0.15) is 0 Å². The quantitative estimate of drug-likeness (QED) is 0.302. The van der Waals surface area contributed by atoms with E-state index in [1.807, 2.05) is 0 Å². The van der Waals surface area contributed by atoms with E-state index in [1.54, 1.807) is 31.4 Å². The SMILES string of the molecule is CC(C)(C)OC(=O)N1CCC(C(O)c2c([N+](=O)[O-])cnc3c2cc(Cl)n3COCCS(C)(C)C)C1. The first-order valence-electron chi connectivity index (χ1n) is 11.4. The topological polar surface area (TPSA) is 120 Å². The van der Waals surface area contributed by atoms with Crippen LogP contribution >= 0.6 is 21.6 Å². The first kappa shape index (κ1) is 27.5. The zero-order valence-electron chi connectivity index (χ0n) is 21.1. The Balaban J connectivity index is 1.87. The molecule has 12 heteroatoms. The van der Waals surface area contributed by atoms with Crippen LogP contribution in [-0.4, -0.2) is 80.4 Å². The van der Waals surface area contributed by atoms with Crippen LogP contribution in [0.25, 0.3) is 11.0 Å². The van der Waals surface area contributed by atoms with Crippen LogP contribution in [0.5, 0.6) is 0 Å². The minimum absolute atomic E-state index is 0.147. The third-order valence-electron chi connectivity index (χ3n) is 5.77. The zero-order chi connectivity index (χ0) is 26.1. The summed E-state index contributed by atoms with van der Waals surface area (Å²) in [6.45, 7) is 6.67. The Labute approximate surface area is 212 Å². The smallest absolute Gasteiger partial charge is 0.410 e. The maximum atomic E-state index is 12.5. The normalized spacial score (nSPS) is 18.2. The maximum absolute atomic E-state index is 12.5. The van der Waals surface area contributed by atoms with E-state index < -0.39 is 38.7 Å². The summed E-state index contributed by atoms with van der Waals surface area (Å²) in [7, 11) is -0.709. The van der Waals surface area contributed by atoms with Gasteiger partial charge in [-0.25, -0.2) is 19.8 Å². The van der Waals surface area contributed by atoms with E-state index in [-0.39, 0.29) is 24.5 Å². The van der Waals surface area contributed by atoms with Crippen LogP contribution in [0, 0.1) is 16.0 Å². The molecule has 0 saturated carbocycles. The molecule has 3 heterocycles. The summed E-state index contributed by atoms with van der Waals surface area (Å²) in [5.74, 6) is 0.530. The van der Waals surface area contributed by atoms with Crippen molar-refractivity contribution in [2.75, 3.05) is 44.2 Å². The van der Waals surface area contributed by atoms with Gasteiger partial charge in [-0.05, 0) is 52.0 Å². The van der Waals surface area contributed by atoms with Crippen molar-refractivity contribution in [2.45, 2.75) is 45.6 Å². The molecule has 10 nitrogen and oxygen atoms in total. The van der Waals surface area contributed by atoms with Crippen LogP contribution in [0.2, 0.25) is 5.15 Å². The highest BCUT2D eigenvalue weighted by atomic mass is 35.5. The van der Waals surface area contributed by atoms with Gasteiger partial charge in [-0.1, -0.05) is 11.6 Å². The number of hydrogen-bond acceptors (Lipinski definition) is 7. The van der Waals surface area contributed by atoms with Crippen molar-refractivity contribution < 1.29 is 24.3 Å². The minimum Gasteiger partial charge on any atom is -0.444 e. The molecular weight excluding hydrogens is 496 g/mol. The Bertz CT molecular complexity index is 1090. The zero-order valence-corrected chi connectivity index (χ0v) is 22.7. The van der Waals surface area contributed by atoms with E-state index in [4.69, 9.17) is 21.1 Å². The predicted octanol–water partition coefficient (Wildman–Crippen LogP) is 4.56. The monoisotopic (exact) mass is 530 g/mol. The molecule has 3 rings (SSSR count). The molecular formula is C23H35ClN4O6S. The lowest BCUT2D eigenvalue weighted by Gasteiger charge is -2.25. The third kappa shape index (κ3) is 6.78. The number of nitro groups is 1. The highest BCUT2D eigenvalue weighted by Crippen LogP contribution is 2.40. The number of aliphatic hydroxyl groups excluding tert-OH is 1. The van der Waals surface area contributed by atoms with Crippen LogP contribution < -0.4 is 0 Å². The Kier molecular flexibility index (Phi) is 8.25. The summed E-state index contributed by atoms with van der Waals surface area (Å²) in [4.78, 5) is 29.5. The standard InChI is InChI=1S/C23H35ClN4O6S/c1-23(2,3)34-22(30)26-8-7-15(13-26)20(29)19-16-11-18(24)27(14-33-9-10-35(4,5)6)21(16)25-12-17(19)28(31)32/h11-12,15,20,29H,7-10,13-14H2,1-6H3. The second-order valence-corrected chi connectivity index (χ2v) is 15.7. The number of aliphatic hydroxyl groups is 1. The van der Waals surface area contributed by atoms with Crippen molar-refractivity contribution in [3.63, 3.8) is 0 Å². The molecule has 0 spiro atoms. The number of nitrogens with zero attached hydrogens (tertiary/aromatic N) is 4. The van der Waals surface area contributed by atoms with E-state index in [2.05, 4.69) is 23.8 Å². The lowest BCUT2D eigenvalue weighted by molar-refractivity contribution is -0.386. The number of pyridine rings is 1. The summed E-state index contributed by atoms with van der Waals surface area (Å²) in [6.07, 6.45) is 6.58. The molecule has 2 aromatic rings. The number of carbonyl (C=O) groups excluding carboxylic acids is 1. The average Bonchev–Trinajstić information content (AvgIpc) is 3.33. The van der Waals surface area contributed by atoms with Gasteiger partial charge in [-0.3, -0.25) is 14.7 Å². The van der Waals surface area contributed by atoms with Crippen LogP contribution in [0.4, 0.5) is 10.5 Å². The number of ether oxygens (including phenoxy) is 2. The summed E-state index contributed by atoms with van der Waals surface area (Å²) in [5.41, 5.74) is -0.373. The molecule has 1 amide bonds. The number of rotatable bonds is 8. The fourth-order valence-corrected chi connectivity index (χ4v) is 4.85. The number of carbonyl (C=O) groups is 1. The van der Waals surface area contributed by atoms with E-state index in [0.29, 0.717) is 35.8 Å². The molecule has 0 bridgehead atoms. The Morgan fingerprint density at radius 3 is 2.69 bits per heavy atom. The van der Waals surface area contributed by atoms with Gasteiger partial charge in [0.15, 0.2) is 0 Å². The van der Waals surface area contributed by atoms with Crippen molar-refractivity contribution in [1.82, 2.24) is 14.5 Å². The largest absolute Gasteiger partial charge is 0.444 e. The summed E-state index contributed by atoms with van der Waals surface area (Å²) in [6, 6.07) is 1.58. The molecule has 1 aliphatic rings. The molecule has 2 atom stereocenters. The fraction of sp³-hybridized carbons (Fsp3) is 0.652. The van der Waals surface area contributed by atoms with Crippen LogP contribution in [0.15, 0.2) is 12.3 Å². The lowest BCUT2D eigenvalue weighted by Crippen LogP contribution is -2.35. The molecule has 1 N–H and O–H groups in total. The maximum Gasteiger partial charge on any atom is 0.410 e. The molecule has 2 aromatic heterocycles. The summed E-state index contributed by atoms with van der Waals surface area (Å²) >= 11 is 6.46. The second-order valence-electron chi connectivity index (χ2n) is 10.7. The number of amides is 1. The highest BCUT2D eigenvalue weighted by molar-refractivity contribution is 8.32. The molecule has 1 saturated heterocycles. The Morgan fingerprint density at radius 1 is 1.40 bits per heavy atom. The number of likely N-dealkylation sites (tertiary alicyclic amines) is 1. The lowest BCUT2D eigenvalue weighted by atomic mass is 9.93. The molecule has 2 unspecified atom stereocenters. The van der Waals surface area contributed by atoms with E-state index in [9.17, 15) is 20.0 Å². The third-order valence-corrected chi connectivity index (χ3v) is 7.47. The summed E-state index contributed by atoms with van der Waals surface area (Å²) in [5, 5.41) is 23.8. The first-order valence-corrected chi connectivity index (χ1v) is 14.8. The van der Waals surface area contributed by atoms with Gasteiger partial charge >= 0.3 is 6.09 Å². The van der Waals surface area contributed by atoms with Crippen molar-refractivity contribution in [3.05, 3.63) is 33.1 Å². The Hall–Kier alpha value is -2.08. The van der Waals surface area contributed by atoms with E-state index >= 15 is 0 Å². The second kappa shape index (κ2) is 10.5. The van der Waals surface area contributed by atoms with Crippen molar-refractivity contribution in [1.29, 1.82) is 0 Å². The minimum atomic E-state index is -1.19. The van der Waals surface area contributed by atoms with Crippen molar-refractivity contribution in [3.8, 4) is 0 Å². The van der Waals surface area contributed by atoms with Crippen molar-refractivity contribution >= 4 is 44.4 Å². The molecule has 0 aromatic carbocycles. The number of fused-ring (bicyclic) bond motifs is 1. The Morgan fingerprint density at radius 2 is 2.09 bits per heavy atom. The van der Waals surface area contributed by atoms with Crippen LogP contribution in [0.1, 0.15) is 38.9 Å². The highest BCUT2D eigenvalue weighted by Gasteiger charge is 2.38. The van der Waals surface area contributed by atoms with Gasteiger partial charge in [-0.15, -0.1) is 0 Å². The molecule has 0 aliphatic carbocycles. The van der Waals surface area contributed by atoms with Gasteiger partial charge in [0.2, 0.25) is 0 Å². The molecule has 35 heavy (non-hydrogen) atoms. The van der Waals surface area contributed by atoms with Gasteiger partial charge in [0.05, 0.1) is 23.2 Å². The van der Waals surface area contributed by atoms with E-state index in [0.717, 1.165) is 11.9 Å². The fourth-order valence-electron chi connectivity index (χ4n) is 3.99. The van der Waals surface area contributed by atoms with Crippen molar-refractivity contribution in [2.24, 2.45) is 5.92 Å². The summed E-state index contributed by atoms with van der Waals surface area (Å²) < 4.78 is 12.9. The number of aromatic nitrogens is 2. The number of halogens is 1. The number of hydrogen-bond donors (Lipinski definition) is 1. The van der Waals surface area contributed by atoms with Crippen LogP contribution in [-0.2, 0) is 16.2 Å². The van der Waals surface area contributed by atoms with Gasteiger partial charge in [0.1, 0.15) is 29.3 Å². The molecule has 0 radical (unpaired) electrons. The van der Waals surface area contributed by atoms with Gasteiger partial charge < -0.3 is 19.5 Å². The molecule has 1 aliphatic heterocycles. The molecule has 1 fully saturated rings. The van der Waals surface area contributed by atoms with Gasteiger partial charge in [0, 0.05) is 30.1 Å².